The number of nitrogens with two attached hydrogens (primary N) is 1. The van der Waals surface area contributed by atoms with Gasteiger partial charge in [0, 0.05) is 13.5 Å². The van der Waals surface area contributed by atoms with E-state index in [-0.39, 0.29) is 11.4 Å². The summed E-state index contributed by atoms with van der Waals surface area (Å²) in [5, 5.41) is 2.88. The minimum atomic E-state index is -0.175. The number of nitrogens with one attached hydrogen (secondary N) is 1. The van der Waals surface area contributed by atoms with Crippen molar-refractivity contribution in [3.05, 3.63) is 0 Å². The Labute approximate surface area is 68.3 Å². The van der Waals surface area contributed by atoms with E-state index in [2.05, 4.69) is 5.32 Å². The summed E-state index contributed by atoms with van der Waals surface area (Å²) in [7, 11) is 0. The van der Waals surface area contributed by atoms with Gasteiger partial charge in [0.15, 0.2) is 0 Å². The third-order valence-corrected chi connectivity index (χ3v) is 2.19. The van der Waals surface area contributed by atoms with Crippen LogP contribution < -0.4 is 11.1 Å². The monoisotopic (exact) mass is 158 g/mol. The van der Waals surface area contributed by atoms with Gasteiger partial charge in [-0.3, -0.25) is 4.79 Å². The number of amides is 1. The zero-order valence-electron chi connectivity index (χ0n) is 7.61. The molecular formula is C8H18N2O. The minimum absolute atomic E-state index is 0.000787. The number of hydrogen-bond acceptors (Lipinski definition) is 2. The molecule has 66 valence electrons. The van der Waals surface area contributed by atoms with Crippen molar-refractivity contribution in [1.82, 2.24) is 5.32 Å². The van der Waals surface area contributed by atoms with E-state index in [4.69, 9.17) is 5.73 Å². The Hall–Kier alpha value is -0.570. The molecule has 0 spiro atoms. The van der Waals surface area contributed by atoms with Gasteiger partial charge in [0.25, 0.3) is 0 Å². The molecule has 3 N–H and O–H groups in total. The molecule has 0 unspecified atom stereocenters. The summed E-state index contributed by atoms with van der Waals surface area (Å²) < 4.78 is 0. The van der Waals surface area contributed by atoms with E-state index in [9.17, 15) is 4.79 Å². The molecule has 0 aromatic carbocycles. The highest BCUT2D eigenvalue weighted by atomic mass is 16.1. The van der Waals surface area contributed by atoms with Crippen LogP contribution in [0.2, 0.25) is 0 Å². The summed E-state index contributed by atoms with van der Waals surface area (Å²) in [5.74, 6) is -0.000787. The molecule has 0 aliphatic rings. The first kappa shape index (κ1) is 10.4. The van der Waals surface area contributed by atoms with Crippen LogP contribution in [0, 0.1) is 0 Å². The molecule has 0 rings (SSSR count). The van der Waals surface area contributed by atoms with Crippen LogP contribution in [0.1, 0.15) is 33.6 Å². The van der Waals surface area contributed by atoms with Gasteiger partial charge in [-0.15, -0.1) is 0 Å². The van der Waals surface area contributed by atoms with E-state index in [1.54, 1.807) is 0 Å². The molecule has 0 aromatic heterocycles. The summed E-state index contributed by atoms with van der Waals surface area (Å²) in [6, 6.07) is 0. The summed E-state index contributed by atoms with van der Waals surface area (Å²) in [4.78, 5) is 10.8. The Bertz CT molecular complexity index is 122. The van der Waals surface area contributed by atoms with E-state index in [0.29, 0.717) is 6.54 Å². The van der Waals surface area contributed by atoms with Gasteiger partial charge in [-0.05, 0) is 12.8 Å². The first-order chi connectivity index (χ1) is 5.10. The molecule has 3 heteroatoms. The highest BCUT2D eigenvalue weighted by molar-refractivity contribution is 5.73. The van der Waals surface area contributed by atoms with E-state index in [1.807, 2.05) is 13.8 Å². The summed E-state index contributed by atoms with van der Waals surface area (Å²) in [6.07, 6.45) is 1.78. The van der Waals surface area contributed by atoms with E-state index in [1.165, 1.54) is 6.92 Å². The van der Waals surface area contributed by atoms with Crippen LogP contribution in [0.4, 0.5) is 0 Å². The lowest BCUT2D eigenvalue weighted by atomic mass is 9.93. The quantitative estimate of drug-likeness (QED) is 0.631. The van der Waals surface area contributed by atoms with Crippen LogP contribution in [0.25, 0.3) is 0 Å². The maximum absolute atomic E-state index is 10.8. The van der Waals surface area contributed by atoms with Gasteiger partial charge in [-0.1, -0.05) is 13.8 Å². The van der Waals surface area contributed by atoms with Crippen molar-refractivity contribution in [3.63, 3.8) is 0 Å². The number of carbonyl (C=O) groups is 1. The van der Waals surface area contributed by atoms with E-state index >= 15 is 0 Å². The fraction of sp³-hybridized carbons (Fsp3) is 0.875. The average Bonchev–Trinajstić information content (AvgIpc) is 2.00. The second-order valence-corrected chi connectivity index (χ2v) is 2.87. The van der Waals surface area contributed by atoms with Gasteiger partial charge in [0.05, 0.1) is 5.54 Å². The van der Waals surface area contributed by atoms with Crippen molar-refractivity contribution in [3.8, 4) is 0 Å². The van der Waals surface area contributed by atoms with Crippen LogP contribution in [0.15, 0.2) is 0 Å². The fourth-order valence-corrected chi connectivity index (χ4v) is 1.14. The van der Waals surface area contributed by atoms with Gasteiger partial charge in [-0.25, -0.2) is 0 Å². The van der Waals surface area contributed by atoms with Crippen molar-refractivity contribution in [1.29, 1.82) is 0 Å². The Kier molecular flexibility index (Phi) is 4.11. The molecule has 0 aliphatic carbocycles. The molecule has 0 heterocycles. The standard InChI is InChI=1S/C8H18N2O/c1-4-8(5-2,6-9)10-7(3)11/h4-6,9H2,1-3H3,(H,10,11). The molecular weight excluding hydrogens is 140 g/mol. The lowest BCUT2D eigenvalue weighted by molar-refractivity contribution is -0.120. The molecule has 0 aliphatic heterocycles. The predicted octanol–water partition coefficient (Wildman–Crippen LogP) is 0.640. The second kappa shape index (κ2) is 4.34. The number of hydrogen-bond donors (Lipinski definition) is 2. The molecule has 0 bridgehead atoms. The molecule has 0 radical (unpaired) electrons. The summed E-state index contributed by atoms with van der Waals surface area (Å²) >= 11 is 0. The van der Waals surface area contributed by atoms with Gasteiger partial charge in [0.2, 0.25) is 5.91 Å². The van der Waals surface area contributed by atoms with Gasteiger partial charge >= 0.3 is 0 Å². The zero-order valence-corrected chi connectivity index (χ0v) is 7.61. The Morgan fingerprint density at radius 1 is 1.45 bits per heavy atom. The maximum atomic E-state index is 10.8. The van der Waals surface area contributed by atoms with Crippen LogP contribution >= 0.6 is 0 Å². The first-order valence-electron chi connectivity index (χ1n) is 4.09. The van der Waals surface area contributed by atoms with Crippen molar-refractivity contribution in [2.75, 3.05) is 6.54 Å². The summed E-state index contributed by atoms with van der Waals surface area (Å²) in [5.41, 5.74) is 5.39. The number of carbonyl (C=O) groups excluding carboxylic acids is 1. The van der Waals surface area contributed by atoms with Crippen molar-refractivity contribution in [2.24, 2.45) is 5.73 Å². The van der Waals surface area contributed by atoms with Crippen LogP contribution in [-0.2, 0) is 4.79 Å². The van der Waals surface area contributed by atoms with Crippen molar-refractivity contribution < 1.29 is 4.79 Å². The molecule has 1 amide bonds. The Balaban J connectivity index is 4.16. The minimum Gasteiger partial charge on any atom is -0.350 e. The SMILES string of the molecule is CCC(CC)(CN)NC(C)=O. The lowest BCUT2D eigenvalue weighted by Crippen LogP contribution is -2.52. The molecule has 0 saturated heterocycles. The zero-order chi connectivity index (χ0) is 8.91. The maximum Gasteiger partial charge on any atom is 0.217 e. The van der Waals surface area contributed by atoms with Crippen LogP contribution in [-0.4, -0.2) is 18.0 Å². The van der Waals surface area contributed by atoms with Gasteiger partial charge < -0.3 is 11.1 Å². The van der Waals surface area contributed by atoms with Crippen LogP contribution in [0.3, 0.4) is 0 Å². The Morgan fingerprint density at radius 2 is 1.91 bits per heavy atom. The van der Waals surface area contributed by atoms with E-state index < -0.39 is 0 Å². The Morgan fingerprint density at radius 3 is 2.00 bits per heavy atom. The normalized spacial score (nSPS) is 11.3. The summed E-state index contributed by atoms with van der Waals surface area (Å²) in [6.45, 7) is 6.11. The second-order valence-electron chi connectivity index (χ2n) is 2.87. The first-order valence-corrected chi connectivity index (χ1v) is 4.09. The third-order valence-electron chi connectivity index (χ3n) is 2.19. The largest absolute Gasteiger partial charge is 0.350 e. The average molecular weight is 158 g/mol. The van der Waals surface area contributed by atoms with Crippen molar-refractivity contribution in [2.45, 2.75) is 39.2 Å². The van der Waals surface area contributed by atoms with Gasteiger partial charge in [-0.2, -0.15) is 0 Å². The van der Waals surface area contributed by atoms with Crippen LogP contribution in [0.5, 0.6) is 0 Å². The fourth-order valence-electron chi connectivity index (χ4n) is 1.14. The smallest absolute Gasteiger partial charge is 0.217 e. The van der Waals surface area contributed by atoms with Crippen molar-refractivity contribution >= 4 is 5.91 Å². The molecule has 0 saturated carbocycles. The molecule has 3 nitrogen and oxygen atoms in total. The topological polar surface area (TPSA) is 55.1 Å². The predicted molar refractivity (Wildman–Crippen MR) is 46.2 cm³/mol. The third kappa shape index (κ3) is 2.89. The van der Waals surface area contributed by atoms with E-state index in [0.717, 1.165) is 12.8 Å². The molecule has 0 aromatic rings. The lowest BCUT2D eigenvalue weighted by Gasteiger charge is -2.30. The highest BCUT2D eigenvalue weighted by Gasteiger charge is 2.24. The highest BCUT2D eigenvalue weighted by Crippen LogP contribution is 2.12. The molecule has 0 fully saturated rings. The number of rotatable bonds is 4. The molecule has 11 heavy (non-hydrogen) atoms. The molecule has 0 atom stereocenters. The van der Waals surface area contributed by atoms with Gasteiger partial charge in [0.1, 0.15) is 0 Å².